The first kappa shape index (κ1) is 14.4. The van der Waals surface area contributed by atoms with Crippen LogP contribution < -0.4 is 16.2 Å². The van der Waals surface area contributed by atoms with Gasteiger partial charge in [-0.2, -0.15) is 0 Å². The number of benzene rings is 1. The van der Waals surface area contributed by atoms with Crippen LogP contribution in [0.4, 0.5) is 11.4 Å². The highest BCUT2D eigenvalue weighted by molar-refractivity contribution is 8.00. The standard InChI is InChI=1S/C15H13N3O3S/c1-18-5-4-9(6-14(18)20)15(21)16-10-2-3-12-11(7-10)17-13(19)8-22-12/h2-7H,8H2,1H3,(H,16,21)(H,17,19). The van der Waals surface area contributed by atoms with E-state index in [1.807, 2.05) is 6.07 Å². The maximum absolute atomic E-state index is 12.2. The number of fused-ring (bicyclic) bond motifs is 1. The summed E-state index contributed by atoms with van der Waals surface area (Å²) in [7, 11) is 1.62. The molecule has 2 amide bonds. The zero-order valence-electron chi connectivity index (χ0n) is 11.8. The van der Waals surface area contributed by atoms with Crippen molar-refractivity contribution in [3.05, 3.63) is 52.4 Å². The molecule has 1 aliphatic rings. The SMILES string of the molecule is Cn1ccc(C(=O)Nc2ccc3c(c2)NC(=O)CS3)cc1=O. The van der Waals surface area contributed by atoms with Crippen LogP contribution in [0.5, 0.6) is 0 Å². The summed E-state index contributed by atoms with van der Waals surface area (Å²) in [5, 5.41) is 5.49. The lowest BCUT2D eigenvalue weighted by molar-refractivity contribution is -0.113. The van der Waals surface area contributed by atoms with Crippen molar-refractivity contribution in [2.45, 2.75) is 4.90 Å². The van der Waals surface area contributed by atoms with Gasteiger partial charge in [0, 0.05) is 35.5 Å². The summed E-state index contributed by atoms with van der Waals surface area (Å²) in [6, 6.07) is 8.18. The number of thioether (sulfide) groups is 1. The highest BCUT2D eigenvalue weighted by Crippen LogP contribution is 2.33. The summed E-state index contributed by atoms with van der Waals surface area (Å²) in [6.45, 7) is 0. The summed E-state index contributed by atoms with van der Waals surface area (Å²) >= 11 is 1.46. The molecule has 0 unspecified atom stereocenters. The molecule has 0 atom stereocenters. The predicted molar refractivity (Wildman–Crippen MR) is 85.4 cm³/mol. The van der Waals surface area contributed by atoms with E-state index >= 15 is 0 Å². The average molecular weight is 315 g/mol. The molecule has 0 spiro atoms. The van der Waals surface area contributed by atoms with Gasteiger partial charge < -0.3 is 15.2 Å². The number of anilines is 2. The molecular weight excluding hydrogens is 302 g/mol. The van der Waals surface area contributed by atoms with E-state index in [0.29, 0.717) is 22.7 Å². The fraction of sp³-hybridized carbons (Fsp3) is 0.133. The van der Waals surface area contributed by atoms with E-state index in [0.717, 1.165) is 4.90 Å². The molecule has 0 aliphatic carbocycles. The van der Waals surface area contributed by atoms with Gasteiger partial charge in [-0.05, 0) is 24.3 Å². The third-order valence-electron chi connectivity index (χ3n) is 3.24. The number of hydrogen-bond donors (Lipinski definition) is 2. The lowest BCUT2D eigenvalue weighted by Gasteiger charge is -2.17. The first-order valence-electron chi connectivity index (χ1n) is 6.58. The first-order valence-corrected chi connectivity index (χ1v) is 7.56. The van der Waals surface area contributed by atoms with E-state index in [2.05, 4.69) is 10.6 Å². The molecule has 6 nitrogen and oxygen atoms in total. The number of nitrogens with zero attached hydrogens (tertiary/aromatic N) is 1. The van der Waals surface area contributed by atoms with Gasteiger partial charge in [0.25, 0.3) is 11.5 Å². The Balaban J connectivity index is 1.82. The number of nitrogens with one attached hydrogen (secondary N) is 2. The second kappa shape index (κ2) is 5.69. The van der Waals surface area contributed by atoms with Gasteiger partial charge in [-0.15, -0.1) is 11.8 Å². The van der Waals surface area contributed by atoms with Crippen LogP contribution in [0.15, 0.2) is 46.2 Å². The molecule has 0 fully saturated rings. The van der Waals surface area contributed by atoms with Crippen LogP contribution in [0, 0.1) is 0 Å². The Bertz CT molecular complexity index is 829. The van der Waals surface area contributed by atoms with Crippen molar-refractivity contribution in [2.24, 2.45) is 7.05 Å². The maximum atomic E-state index is 12.2. The second-order valence-corrected chi connectivity index (χ2v) is 5.88. The number of aromatic nitrogens is 1. The molecule has 0 saturated carbocycles. The molecular formula is C15H13N3O3S. The van der Waals surface area contributed by atoms with Crippen molar-refractivity contribution in [3.63, 3.8) is 0 Å². The molecule has 1 aromatic carbocycles. The van der Waals surface area contributed by atoms with Crippen molar-refractivity contribution in [1.82, 2.24) is 4.57 Å². The summed E-state index contributed by atoms with van der Waals surface area (Å²) in [4.78, 5) is 36.1. The zero-order chi connectivity index (χ0) is 15.7. The summed E-state index contributed by atoms with van der Waals surface area (Å²) in [6.07, 6.45) is 1.54. The lowest BCUT2D eigenvalue weighted by Crippen LogP contribution is -2.21. The van der Waals surface area contributed by atoms with Crippen LogP contribution in [0.1, 0.15) is 10.4 Å². The summed E-state index contributed by atoms with van der Waals surface area (Å²) < 4.78 is 1.39. The van der Waals surface area contributed by atoms with E-state index in [9.17, 15) is 14.4 Å². The van der Waals surface area contributed by atoms with Crippen molar-refractivity contribution in [3.8, 4) is 0 Å². The van der Waals surface area contributed by atoms with Crippen molar-refractivity contribution >= 4 is 35.0 Å². The number of aryl methyl sites for hydroxylation is 1. The molecule has 0 bridgehead atoms. The fourth-order valence-electron chi connectivity index (χ4n) is 2.05. The van der Waals surface area contributed by atoms with Crippen molar-refractivity contribution in [2.75, 3.05) is 16.4 Å². The molecule has 3 rings (SSSR count). The first-order chi connectivity index (χ1) is 10.5. The Morgan fingerprint density at radius 1 is 1.27 bits per heavy atom. The predicted octanol–water partition coefficient (Wildman–Crippen LogP) is 1.68. The number of carbonyl (C=O) groups is 2. The number of rotatable bonds is 2. The van der Waals surface area contributed by atoms with Crippen LogP contribution in [0.2, 0.25) is 0 Å². The molecule has 0 radical (unpaired) electrons. The Morgan fingerprint density at radius 2 is 2.09 bits per heavy atom. The molecule has 1 aliphatic heterocycles. The van der Waals surface area contributed by atoms with Crippen molar-refractivity contribution < 1.29 is 9.59 Å². The van der Waals surface area contributed by atoms with Gasteiger partial charge >= 0.3 is 0 Å². The number of amides is 2. The summed E-state index contributed by atoms with van der Waals surface area (Å²) in [5.41, 5.74) is 1.29. The lowest BCUT2D eigenvalue weighted by atomic mass is 10.2. The molecule has 112 valence electrons. The third-order valence-corrected chi connectivity index (χ3v) is 4.31. The Morgan fingerprint density at radius 3 is 2.86 bits per heavy atom. The molecule has 7 heteroatoms. The van der Waals surface area contributed by atoms with E-state index in [4.69, 9.17) is 0 Å². The molecule has 22 heavy (non-hydrogen) atoms. The van der Waals surface area contributed by atoms with Crippen LogP contribution >= 0.6 is 11.8 Å². The molecule has 2 N–H and O–H groups in total. The van der Waals surface area contributed by atoms with Crippen LogP contribution in [0.3, 0.4) is 0 Å². The maximum Gasteiger partial charge on any atom is 0.255 e. The summed E-state index contributed by atoms with van der Waals surface area (Å²) in [5.74, 6) is -0.0357. The van der Waals surface area contributed by atoms with E-state index in [1.54, 1.807) is 31.4 Å². The fourth-order valence-corrected chi connectivity index (χ4v) is 2.84. The van der Waals surface area contributed by atoms with E-state index in [-0.39, 0.29) is 17.4 Å². The topological polar surface area (TPSA) is 80.2 Å². The van der Waals surface area contributed by atoms with Gasteiger partial charge in [0.2, 0.25) is 5.91 Å². The minimum Gasteiger partial charge on any atom is -0.324 e. The normalized spacial score (nSPS) is 13.2. The van der Waals surface area contributed by atoms with Crippen molar-refractivity contribution in [1.29, 1.82) is 0 Å². The average Bonchev–Trinajstić information content (AvgIpc) is 2.49. The van der Waals surface area contributed by atoms with E-state index in [1.165, 1.54) is 22.4 Å². The largest absolute Gasteiger partial charge is 0.324 e. The molecule has 2 heterocycles. The minimum absolute atomic E-state index is 0.0625. The molecule has 2 aromatic rings. The van der Waals surface area contributed by atoms with Gasteiger partial charge in [0.1, 0.15) is 0 Å². The van der Waals surface area contributed by atoms with Crippen LogP contribution in [0.25, 0.3) is 0 Å². The number of carbonyl (C=O) groups excluding carboxylic acids is 2. The van der Waals surface area contributed by atoms with Gasteiger partial charge in [0.05, 0.1) is 11.4 Å². The van der Waals surface area contributed by atoms with Gasteiger partial charge in [-0.1, -0.05) is 0 Å². The number of pyridine rings is 1. The highest BCUT2D eigenvalue weighted by atomic mass is 32.2. The smallest absolute Gasteiger partial charge is 0.255 e. The van der Waals surface area contributed by atoms with Gasteiger partial charge in [-0.25, -0.2) is 0 Å². The Kier molecular flexibility index (Phi) is 3.72. The third kappa shape index (κ3) is 2.89. The quantitative estimate of drug-likeness (QED) is 0.883. The minimum atomic E-state index is -0.368. The van der Waals surface area contributed by atoms with Gasteiger partial charge in [0.15, 0.2) is 0 Å². The number of hydrogen-bond acceptors (Lipinski definition) is 4. The van der Waals surface area contributed by atoms with Gasteiger partial charge in [-0.3, -0.25) is 14.4 Å². The highest BCUT2D eigenvalue weighted by Gasteiger charge is 2.16. The van der Waals surface area contributed by atoms with Crippen LogP contribution in [-0.2, 0) is 11.8 Å². The molecule has 0 saturated heterocycles. The van der Waals surface area contributed by atoms with Crippen LogP contribution in [-0.4, -0.2) is 22.1 Å². The Hall–Kier alpha value is -2.54. The zero-order valence-corrected chi connectivity index (χ0v) is 12.6. The Labute approximate surface area is 130 Å². The molecule has 1 aromatic heterocycles. The monoisotopic (exact) mass is 315 g/mol. The second-order valence-electron chi connectivity index (χ2n) is 4.87. The van der Waals surface area contributed by atoms with E-state index < -0.39 is 0 Å².